The lowest BCUT2D eigenvalue weighted by atomic mass is 9.86. The van der Waals surface area contributed by atoms with Crippen LogP contribution in [0.3, 0.4) is 0 Å². The van der Waals surface area contributed by atoms with Gasteiger partial charge in [-0.1, -0.05) is 19.8 Å². The predicted octanol–water partition coefficient (Wildman–Crippen LogP) is 2.55. The van der Waals surface area contributed by atoms with Crippen molar-refractivity contribution in [1.29, 1.82) is 0 Å². The van der Waals surface area contributed by atoms with E-state index < -0.39 is 0 Å². The van der Waals surface area contributed by atoms with Gasteiger partial charge in [-0.25, -0.2) is 4.68 Å². The molecule has 138 valence electrons. The van der Waals surface area contributed by atoms with Gasteiger partial charge in [-0.3, -0.25) is 14.0 Å². The van der Waals surface area contributed by atoms with Crippen molar-refractivity contribution in [3.8, 4) is 0 Å². The van der Waals surface area contributed by atoms with E-state index in [1.165, 1.54) is 11.1 Å². The smallest absolute Gasteiger partial charge is 0.291 e. The number of carbonyl (C=O) groups excluding carboxylic acids is 1. The highest BCUT2D eigenvalue weighted by atomic mass is 16.3. The van der Waals surface area contributed by atoms with E-state index in [4.69, 9.17) is 4.42 Å². The number of hydrogen-bond donors (Lipinski definition) is 1. The van der Waals surface area contributed by atoms with E-state index in [-0.39, 0.29) is 24.1 Å². The lowest BCUT2D eigenvalue weighted by Crippen LogP contribution is -2.44. The minimum absolute atomic E-state index is 0.0645. The molecule has 1 aliphatic rings. The first-order valence-corrected chi connectivity index (χ1v) is 9.22. The van der Waals surface area contributed by atoms with Gasteiger partial charge in [0.1, 0.15) is 23.6 Å². The summed E-state index contributed by atoms with van der Waals surface area (Å²) < 4.78 is 8.65. The summed E-state index contributed by atoms with van der Waals surface area (Å²) in [7, 11) is 0. The number of rotatable bonds is 3. The monoisotopic (exact) mass is 356 g/mol. The van der Waals surface area contributed by atoms with Crippen LogP contribution in [0.4, 0.5) is 0 Å². The Balaban J connectivity index is 1.63. The maximum absolute atomic E-state index is 12.8. The number of aryl methyl sites for hydroxylation is 2. The molecule has 26 heavy (non-hydrogen) atoms. The van der Waals surface area contributed by atoms with Gasteiger partial charge in [0.25, 0.3) is 5.56 Å². The Labute approximate surface area is 151 Å². The predicted molar refractivity (Wildman–Crippen MR) is 98.3 cm³/mol. The van der Waals surface area contributed by atoms with Crippen LogP contribution >= 0.6 is 0 Å². The van der Waals surface area contributed by atoms with Crippen molar-refractivity contribution in [2.45, 2.75) is 59.0 Å². The van der Waals surface area contributed by atoms with Crippen molar-refractivity contribution in [2.75, 3.05) is 0 Å². The minimum atomic E-state index is -0.286. The zero-order valence-corrected chi connectivity index (χ0v) is 15.4. The van der Waals surface area contributed by atoms with E-state index in [0.29, 0.717) is 22.8 Å². The average molecular weight is 356 g/mol. The van der Waals surface area contributed by atoms with Gasteiger partial charge in [0.2, 0.25) is 5.91 Å². The van der Waals surface area contributed by atoms with E-state index in [0.717, 1.165) is 30.5 Å². The van der Waals surface area contributed by atoms with E-state index in [9.17, 15) is 9.59 Å². The van der Waals surface area contributed by atoms with Crippen LogP contribution in [0, 0.1) is 19.8 Å². The van der Waals surface area contributed by atoms with Crippen molar-refractivity contribution in [2.24, 2.45) is 5.92 Å². The van der Waals surface area contributed by atoms with E-state index in [2.05, 4.69) is 17.3 Å². The summed E-state index contributed by atoms with van der Waals surface area (Å²) in [6.07, 6.45) is 4.50. The van der Waals surface area contributed by atoms with Crippen molar-refractivity contribution in [3.05, 3.63) is 34.1 Å². The van der Waals surface area contributed by atoms with Gasteiger partial charge in [0.15, 0.2) is 5.58 Å². The second-order valence-corrected chi connectivity index (χ2v) is 7.42. The minimum Gasteiger partial charge on any atom is -0.460 e. The molecule has 3 aromatic rings. The number of hydrogen-bond acceptors (Lipinski definition) is 4. The molecule has 0 aromatic carbocycles. The topological polar surface area (TPSA) is 81.5 Å². The molecule has 1 aliphatic carbocycles. The van der Waals surface area contributed by atoms with E-state index in [1.807, 2.05) is 19.9 Å². The summed E-state index contributed by atoms with van der Waals surface area (Å²) in [6, 6.07) is 3.80. The van der Waals surface area contributed by atoms with Gasteiger partial charge in [-0.2, -0.15) is 5.10 Å². The highest BCUT2D eigenvalue weighted by Crippen LogP contribution is 2.24. The van der Waals surface area contributed by atoms with Crippen LogP contribution in [0.2, 0.25) is 0 Å². The first kappa shape index (κ1) is 16.9. The van der Waals surface area contributed by atoms with Gasteiger partial charge >= 0.3 is 0 Å². The maximum Gasteiger partial charge on any atom is 0.291 e. The standard InChI is InChI=1S/C19H24N4O3/c1-11-6-4-5-7-14(11)20-18(24)10-22-19(25)16-9-17-15(8-12(2)26-17)23(16)13(3)21-22/h8-9,11,14H,4-7,10H2,1-3H3,(H,20,24). The Morgan fingerprint density at radius 1 is 1.27 bits per heavy atom. The van der Waals surface area contributed by atoms with E-state index in [1.54, 1.807) is 10.5 Å². The Hall–Kier alpha value is -2.57. The fraction of sp³-hybridized carbons (Fsp3) is 0.526. The van der Waals surface area contributed by atoms with Crippen LogP contribution in [0.15, 0.2) is 21.3 Å². The lowest BCUT2D eigenvalue weighted by molar-refractivity contribution is -0.123. The molecular weight excluding hydrogens is 332 g/mol. The molecule has 0 spiro atoms. The third kappa shape index (κ3) is 2.81. The van der Waals surface area contributed by atoms with Crippen LogP contribution in [0.25, 0.3) is 16.6 Å². The summed E-state index contributed by atoms with van der Waals surface area (Å²) in [5.41, 5.74) is 1.67. The highest BCUT2D eigenvalue weighted by molar-refractivity contribution is 5.83. The molecule has 4 rings (SSSR count). The Morgan fingerprint density at radius 3 is 2.81 bits per heavy atom. The molecule has 0 radical (unpaired) electrons. The summed E-state index contributed by atoms with van der Waals surface area (Å²) in [4.78, 5) is 25.2. The number of fused-ring (bicyclic) bond motifs is 3. The molecule has 1 amide bonds. The first-order chi connectivity index (χ1) is 12.4. The molecule has 1 fully saturated rings. The number of furan rings is 1. The summed E-state index contributed by atoms with van der Waals surface area (Å²) in [6.45, 7) is 5.80. The quantitative estimate of drug-likeness (QED) is 0.782. The molecule has 0 saturated heterocycles. The van der Waals surface area contributed by atoms with E-state index >= 15 is 0 Å². The molecule has 1 saturated carbocycles. The van der Waals surface area contributed by atoms with Gasteiger partial charge in [0.05, 0.1) is 5.52 Å². The third-order valence-corrected chi connectivity index (χ3v) is 5.41. The van der Waals surface area contributed by atoms with Crippen LogP contribution in [-0.4, -0.2) is 26.1 Å². The van der Waals surface area contributed by atoms with Crippen molar-refractivity contribution < 1.29 is 9.21 Å². The highest BCUT2D eigenvalue weighted by Gasteiger charge is 2.23. The number of nitrogens with one attached hydrogen (secondary N) is 1. The largest absolute Gasteiger partial charge is 0.460 e. The van der Waals surface area contributed by atoms with Crippen LogP contribution < -0.4 is 10.9 Å². The van der Waals surface area contributed by atoms with Crippen LogP contribution in [0.5, 0.6) is 0 Å². The zero-order valence-electron chi connectivity index (χ0n) is 15.4. The molecule has 7 heteroatoms. The Morgan fingerprint density at radius 2 is 2.04 bits per heavy atom. The van der Waals surface area contributed by atoms with Gasteiger partial charge < -0.3 is 9.73 Å². The molecule has 1 N–H and O–H groups in total. The molecule has 2 atom stereocenters. The molecule has 0 aliphatic heterocycles. The second kappa shape index (κ2) is 6.30. The average Bonchev–Trinajstić information content (AvgIpc) is 3.10. The number of nitrogens with zero attached hydrogens (tertiary/aromatic N) is 3. The summed E-state index contributed by atoms with van der Waals surface area (Å²) in [5, 5.41) is 7.43. The normalized spacial score (nSPS) is 20.7. The number of aromatic nitrogens is 3. The number of carbonyl (C=O) groups is 1. The Kier molecular flexibility index (Phi) is 4.09. The fourth-order valence-corrected chi connectivity index (χ4v) is 4.04. The maximum atomic E-state index is 12.8. The lowest BCUT2D eigenvalue weighted by Gasteiger charge is -2.29. The summed E-state index contributed by atoms with van der Waals surface area (Å²) >= 11 is 0. The SMILES string of the molecule is Cc1cc2c(cc3c(=O)n(CC(=O)NC4CCCCC4C)nc(C)n32)o1. The van der Waals surface area contributed by atoms with Crippen molar-refractivity contribution in [3.63, 3.8) is 0 Å². The molecule has 7 nitrogen and oxygen atoms in total. The molecule has 3 heterocycles. The van der Waals surface area contributed by atoms with Crippen LogP contribution in [-0.2, 0) is 11.3 Å². The molecule has 0 bridgehead atoms. The van der Waals surface area contributed by atoms with Gasteiger partial charge in [-0.15, -0.1) is 0 Å². The number of amides is 1. The molecule has 2 unspecified atom stereocenters. The van der Waals surface area contributed by atoms with Crippen molar-refractivity contribution in [1.82, 2.24) is 19.5 Å². The third-order valence-electron chi connectivity index (χ3n) is 5.41. The summed E-state index contributed by atoms with van der Waals surface area (Å²) in [5.74, 6) is 1.75. The second-order valence-electron chi connectivity index (χ2n) is 7.42. The van der Waals surface area contributed by atoms with Crippen LogP contribution in [0.1, 0.15) is 44.2 Å². The Bertz CT molecular complexity index is 1040. The fourth-order valence-electron chi connectivity index (χ4n) is 4.04. The first-order valence-electron chi connectivity index (χ1n) is 9.22. The zero-order chi connectivity index (χ0) is 18.4. The molecule has 3 aromatic heterocycles. The van der Waals surface area contributed by atoms with Crippen molar-refractivity contribution >= 4 is 22.5 Å². The van der Waals surface area contributed by atoms with Gasteiger partial charge in [-0.05, 0) is 32.6 Å². The van der Waals surface area contributed by atoms with Gasteiger partial charge in [0, 0.05) is 18.2 Å². The molecular formula is C19H24N4O3.